The van der Waals surface area contributed by atoms with E-state index in [2.05, 4.69) is 26.2 Å². The summed E-state index contributed by atoms with van der Waals surface area (Å²) in [6.45, 7) is 1.26. The van der Waals surface area contributed by atoms with E-state index >= 15 is 0 Å². The second kappa shape index (κ2) is 5.64. The van der Waals surface area contributed by atoms with Gasteiger partial charge in [0.15, 0.2) is 0 Å². The molecule has 0 amide bonds. The van der Waals surface area contributed by atoms with E-state index in [1.54, 1.807) is 12.4 Å². The fourth-order valence-corrected chi connectivity index (χ4v) is 2.77. The summed E-state index contributed by atoms with van der Waals surface area (Å²) in [6, 6.07) is 1.97. The minimum atomic E-state index is 0.323. The van der Waals surface area contributed by atoms with Gasteiger partial charge in [-0.25, -0.2) is 0 Å². The lowest BCUT2D eigenvalue weighted by atomic mass is 9.97. The number of rotatable bonds is 4. The number of aliphatic hydroxyl groups is 1. The van der Waals surface area contributed by atoms with Crippen LogP contribution in [-0.2, 0) is 0 Å². The van der Waals surface area contributed by atoms with E-state index in [1.165, 1.54) is 19.3 Å². The molecule has 2 N–H and O–H groups in total. The molecule has 1 fully saturated rings. The maximum absolute atomic E-state index is 9.24. The first kappa shape index (κ1) is 11.9. The summed E-state index contributed by atoms with van der Waals surface area (Å²) in [5.41, 5.74) is 1.08. The van der Waals surface area contributed by atoms with Crippen LogP contribution in [0.15, 0.2) is 22.9 Å². The van der Waals surface area contributed by atoms with E-state index < -0.39 is 0 Å². The normalized spacial score (nSPS) is 24.6. The first-order valence-electron chi connectivity index (χ1n) is 5.75. The fraction of sp³-hybridized carbons (Fsp3) is 0.583. The highest BCUT2D eigenvalue weighted by Gasteiger charge is 2.26. The predicted octanol–water partition coefficient (Wildman–Crippen LogP) is 2.66. The lowest BCUT2D eigenvalue weighted by Crippen LogP contribution is -2.20. The third-order valence-corrected chi connectivity index (χ3v) is 4.01. The van der Waals surface area contributed by atoms with Crippen LogP contribution in [0.5, 0.6) is 0 Å². The lowest BCUT2D eigenvalue weighted by molar-refractivity contribution is 0.199. The maximum Gasteiger partial charge on any atom is 0.0590 e. The van der Waals surface area contributed by atoms with Gasteiger partial charge in [-0.1, -0.05) is 6.42 Å². The molecule has 0 radical (unpaired) electrons. The number of hydrogen-bond acceptors (Lipinski definition) is 3. The smallest absolute Gasteiger partial charge is 0.0590 e. The fourth-order valence-electron chi connectivity index (χ4n) is 2.38. The number of anilines is 1. The molecule has 0 spiro atoms. The molecule has 1 aromatic heterocycles. The van der Waals surface area contributed by atoms with Crippen molar-refractivity contribution in [1.82, 2.24) is 4.98 Å². The molecule has 1 aromatic rings. The Morgan fingerprint density at radius 1 is 1.44 bits per heavy atom. The van der Waals surface area contributed by atoms with Crippen LogP contribution in [0.25, 0.3) is 0 Å². The van der Waals surface area contributed by atoms with Gasteiger partial charge in [-0.2, -0.15) is 0 Å². The summed E-state index contributed by atoms with van der Waals surface area (Å²) < 4.78 is 0.994. The highest BCUT2D eigenvalue weighted by Crippen LogP contribution is 2.32. The molecule has 2 rings (SSSR count). The van der Waals surface area contributed by atoms with Crippen molar-refractivity contribution in [3.05, 3.63) is 22.9 Å². The highest BCUT2D eigenvalue weighted by molar-refractivity contribution is 9.10. The van der Waals surface area contributed by atoms with Gasteiger partial charge < -0.3 is 10.4 Å². The third-order valence-electron chi connectivity index (χ3n) is 3.38. The molecular weight excluding hydrogens is 268 g/mol. The van der Waals surface area contributed by atoms with Crippen LogP contribution in [0.1, 0.15) is 19.3 Å². The van der Waals surface area contributed by atoms with Crippen molar-refractivity contribution in [1.29, 1.82) is 0 Å². The molecule has 2 atom stereocenters. The van der Waals surface area contributed by atoms with Crippen molar-refractivity contribution in [2.75, 3.05) is 18.5 Å². The van der Waals surface area contributed by atoms with Gasteiger partial charge >= 0.3 is 0 Å². The van der Waals surface area contributed by atoms with Gasteiger partial charge in [0.2, 0.25) is 0 Å². The molecule has 0 saturated heterocycles. The predicted molar refractivity (Wildman–Crippen MR) is 68.3 cm³/mol. The average Bonchev–Trinajstić information content (AvgIpc) is 2.75. The quantitative estimate of drug-likeness (QED) is 0.894. The number of nitrogens with one attached hydrogen (secondary N) is 1. The van der Waals surface area contributed by atoms with Crippen LogP contribution in [0.2, 0.25) is 0 Å². The highest BCUT2D eigenvalue weighted by atomic mass is 79.9. The SMILES string of the molecule is OCC1CCCC1CNc1ccncc1Br. The Labute approximate surface area is 104 Å². The molecule has 0 bridgehead atoms. The average molecular weight is 285 g/mol. The minimum absolute atomic E-state index is 0.323. The van der Waals surface area contributed by atoms with E-state index in [-0.39, 0.29) is 0 Å². The van der Waals surface area contributed by atoms with Crippen molar-refractivity contribution >= 4 is 21.6 Å². The third kappa shape index (κ3) is 2.74. The summed E-state index contributed by atoms with van der Waals surface area (Å²) in [5, 5.41) is 12.7. The Hall–Kier alpha value is -0.610. The van der Waals surface area contributed by atoms with Crippen LogP contribution in [-0.4, -0.2) is 23.2 Å². The monoisotopic (exact) mass is 284 g/mol. The van der Waals surface area contributed by atoms with Crippen LogP contribution < -0.4 is 5.32 Å². The van der Waals surface area contributed by atoms with Crippen molar-refractivity contribution in [3.63, 3.8) is 0 Å². The summed E-state index contributed by atoms with van der Waals surface area (Å²) in [7, 11) is 0. The Balaban J connectivity index is 1.90. The maximum atomic E-state index is 9.24. The first-order chi connectivity index (χ1) is 7.81. The summed E-state index contributed by atoms with van der Waals surface area (Å²) in [5.74, 6) is 1.08. The van der Waals surface area contributed by atoms with Crippen LogP contribution in [0.3, 0.4) is 0 Å². The molecule has 2 unspecified atom stereocenters. The van der Waals surface area contributed by atoms with E-state index in [0.717, 1.165) is 16.7 Å². The Bertz CT molecular complexity index is 346. The van der Waals surface area contributed by atoms with Gasteiger partial charge in [-0.05, 0) is 46.7 Å². The molecule has 1 aliphatic rings. The van der Waals surface area contributed by atoms with E-state index in [0.29, 0.717) is 18.4 Å². The van der Waals surface area contributed by atoms with Gasteiger partial charge in [0.1, 0.15) is 0 Å². The standard InChI is InChI=1S/C12H17BrN2O/c13-11-7-14-5-4-12(11)15-6-9-2-1-3-10(9)8-16/h4-5,7,9-10,16H,1-3,6,8H2,(H,14,15). The molecule has 0 aromatic carbocycles. The molecule has 4 heteroatoms. The van der Waals surface area contributed by atoms with Crippen molar-refractivity contribution in [3.8, 4) is 0 Å². The van der Waals surface area contributed by atoms with Gasteiger partial charge in [0.25, 0.3) is 0 Å². The Kier molecular flexibility index (Phi) is 4.18. The largest absolute Gasteiger partial charge is 0.396 e. The number of hydrogen-bond donors (Lipinski definition) is 2. The summed E-state index contributed by atoms with van der Waals surface area (Å²) >= 11 is 3.46. The van der Waals surface area contributed by atoms with Crippen molar-refractivity contribution < 1.29 is 5.11 Å². The topological polar surface area (TPSA) is 45.1 Å². The van der Waals surface area contributed by atoms with Gasteiger partial charge in [-0.15, -0.1) is 0 Å². The molecule has 88 valence electrons. The van der Waals surface area contributed by atoms with E-state index in [4.69, 9.17) is 0 Å². The van der Waals surface area contributed by atoms with Gasteiger partial charge in [0, 0.05) is 25.5 Å². The molecular formula is C12H17BrN2O. The molecule has 1 aliphatic carbocycles. The number of pyridine rings is 1. The van der Waals surface area contributed by atoms with Gasteiger partial charge in [-0.3, -0.25) is 4.98 Å². The lowest BCUT2D eigenvalue weighted by Gasteiger charge is -2.18. The zero-order valence-electron chi connectivity index (χ0n) is 9.19. The Morgan fingerprint density at radius 2 is 2.25 bits per heavy atom. The van der Waals surface area contributed by atoms with Gasteiger partial charge in [0.05, 0.1) is 10.2 Å². The molecule has 1 heterocycles. The molecule has 16 heavy (non-hydrogen) atoms. The molecule has 1 saturated carbocycles. The molecule has 0 aliphatic heterocycles. The zero-order chi connectivity index (χ0) is 11.4. The minimum Gasteiger partial charge on any atom is -0.396 e. The van der Waals surface area contributed by atoms with Crippen molar-refractivity contribution in [2.24, 2.45) is 11.8 Å². The van der Waals surface area contributed by atoms with Crippen molar-refractivity contribution in [2.45, 2.75) is 19.3 Å². The number of aliphatic hydroxyl groups excluding tert-OH is 1. The van der Waals surface area contributed by atoms with Crippen LogP contribution in [0.4, 0.5) is 5.69 Å². The number of halogens is 1. The van der Waals surface area contributed by atoms with Crippen LogP contribution in [0, 0.1) is 11.8 Å². The number of aromatic nitrogens is 1. The second-order valence-corrected chi connectivity index (χ2v) is 5.22. The summed E-state index contributed by atoms with van der Waals surface area (Å²) in [6.07, 6.45) is 7.21. The molecule has 3 nitrogen and oxygen atoms in total. The summed E-state index contributed by atoms with van der Waals surface area (Å²) in [4.78, 5) is 4.03. The van der Waals surface area contributed by atoms with Crippen LogP contribution >= 0.6 is 15.9 Å². The van der Waals surface area contributed by atoms with E-state index in [9.17, 15) is 5.11 Å². The van der Waals surface area contributed by atoms with E-state index in [1.807, 2.05) is 6.07 Å². The Morgan fingerprint density at radius 3 is 3.00 bits per heavy atom. The number of nitrogens with zero attached hydrogens (tertiary/aromatic N) is 1. The first-order valence-corrected chi connectivity index (χ1v) is 6.55. The zero-order valence-corrected chi connectivity index (χ0v) is 10.8. The second-order valence-electron chi connectivity index (χ2n) is 4.37.